The first-order chi connectivity index (χ1) is 11.8. The average Bonchev–Trinajstić information content (AvgIpc) is 2.54. The normalized spacial score (nSPS) is 12.5. The number of hydrogen-bond donors (Lipinski definition) is 2. The Morgan fingerprint density at radius 2 is 1.72 bits per heavy atom. The average molecular weight is 443 g/mol. The molecular weight excluding hydrogens is 429 g/mol. The summed E-state index contributed by atoms with van der Waals surface area (Å²) < 4.78 is -1.81. The van der Waals surface area contributed by atoms with Gasteiger partial charge in [-0.1, -0.05) is 88.3 Å². The molecule has 134 valence electrons. The van der Waals surface area contributed by atoms with E-state index < -0.39 is 15.9 Å². The van der Waals surface area contributed by atoms with E-state index in [-0.39, 0.29) is 6.42 Å². The van der Waals surface area contributed by atoms with Crippen molar-refractivity contribution in [3.8, 4) is 0 Å². The van der Waals surface area contributed by atoms with E-state index in [9.17, 15) is 4.79 Å². The van der Waals surface area contributed by atoms with E-state index in [0.717, 1.165) is 5.56 Å². The third-order valence-corrected chi connectivity index (χ3v) is 4.43. The lowest BCUT2D eigenvalue weighted by atomic mass is 10.2. The molecule has 2 rings (SSSR count). The molecule has 1 unspecified atom stereocenters. The number of alkyl halides is 3. The quantitative estimate of drug-likeness (QED) is 0.358. The molecule has 0 saturated heterocycles. The molecule has 0 aliphatic heterocycles. The zero-order valence-electron chi connectivity index (χ0n) is 12.6. The Morgan fingerprint density at radius 1 is 1.04 bits per heavy atom. The van der Waals surface area contributed by atoms with Crippen LogP contribution in [0, 0.1) is 0 Å². The summed E-state index contributed by atoms with van der Waals surface area (Å²) in [7, 11) is 0. The van der Waals surface area contributed by atoms with Crippen LogP contribution in [-0.4, -0.2) is 15.9 Å². The maximum Gasteiger partial charge on any atom is 0.329 e. The zero-order valence-corrected chi connectivity index (χ0v) is 16.4. The van der Waals surface area contributed by atoms with Crippen LogP contribution in [-0.2, 0) is 16.1 Å². The second-order valence-corrected chi connectivity index (χ2v) is 8.19. The summed E-state index contributed by atoms with van der Waals surface area (Å²) in [4.78, 5) is 16.9. The lowest BCUT2D eigenvalue weighted by Gasteiger charge is -2.26. The second kappa shape index (κ2) is 9.17. The van der Waals surface area contributed by atoms with E-state index in [0.29, 0.717) is 15.7 Å². The van der Waals surface area contributed by atoms with Crippen molar-refractivity contribution in [1.82, 2.24) is 5.48 Å². The van der Waals surface area contributed by atoms with Crippen molar-refractivity contribution in [1.29, 1.82) is 0 Å². The Morgan fingerprint density at radius 3 is 2.32 bits per heavy atom. The van der Waals surface area contributed by atoms with Crippen molar-refractivity contribution in [2.24, 2.45) is 0 Å². The molecular formula is C16H13Cl5N2O2. The minimum atomic E-state index is -1.81. The highest BCUT2D eigenvalue weighted by Crippen LogP contribution is 2.32. The monoisotopic (exact) mass is 440 g/mol. The van der Waals surface area contributed by atoms with Gasteiger partial charge >= 0.3 is 5.97 Å². The molecule has 0 fully saturated rings. The molecule has 4 nitrogen and oxygen atoms in total. The number of carbonyl (C=O) groups excluding carboxylic acids is 1. The zero-order chi connectivity index (χ0) is 18.4. The standard InChI is InChI=1S/C16H13Cl5N2O2/c17-12-7-6-11(9-13(12)18)22-15(16(19,20)21)23-25-14(24)8-10-4-2-1-3-5-10/h1-7,9,15,22-23H,8H2. The number of halogens is 5. The van der Waals surface area contributed by atoms with Gasteiger partial charge in [-0.3, -0.25) is 4.79 Å². The fourth-order valence-electron chi connectivity index (χ4n) is 1.85. The molecule has 0 aliphatic carbocycles. The summed E-state index contributed by atoms with van der Waals surface area (Å²) in [6.07, 6.45) is -0.942. The first kappa shape index (κ1) is 20.4. The Labute approximate surface area is 170 Å². The van der Waals surface area contributed by atoms with E-state index >= 15 is 0 Å². The number of rotatable bonds is 6. The van der Waals surface area contributed by atoms with Crippen LogP contribution in [0.1, 0.15) is 5.56 Å². The van der Waals surface area contributed by atoms with Gasteiger partial charge in [0, 0.05) is 5.69 Å². The maximum atomic E-state index is 11.9. The fourth-order valence-corrected chi connectivity index (χ4v) is 2.45. The maximum absolute atomic E-state index is 11.9. The topological polar surface area (TPSA) is 50.4 Å². The summed E-state index contributed by atoms with van der Waals surface area (Å²) in [5.74, 6) is -0.526. The molecule has 0 heterocycles. The van der Waals surface area contributed by atoms with E-state index in [4.69, 9.17) is 62.8 Å². The summed E-state index contributed by atoms with van der Waals surface area (Å²) in [5, 5.41) is 3.60. The van der Waals surface area contributed by atoms with Crippen LogP contribution in [0.15, 0.2) is 48.5 Å². The van der Waals surface area contributed by atoms with E-state index in [1.54, 1.807) is 18.2 Å². The lowest BCUT2D eigenvalue weighted by molar-refractivity contribution is -0.151. The molecule has 0 bridgehead atoms. The molecule has 0 aliphatic rings. The van der Waals surface area contributed by atoms with Gasteiger partial charge < -0.3 is 10.2 Å². The number of benzene rings is 2. The third kappa shape index (κ3) is 6.74. The van der Waals surface area contributed by atoms with Crippen LogP contribution in [0.3, 0.4) is 0 Å². The molecule has 9 heteroatoms. The second-order valence-electron chi connectivity index (χ2n) is 5.00. The molecule has 2 aromatic carbocycles. The SMILES string of the molecule is O=C(Cc1ccccc1)ONC(Nc1ccc(Cl)c(Cl)c1)C(Cl)(Cl)Cl. The summed E-state index contributed by atoms with van der Waals surface area (Å²) in [6, 6.07) is 13.9. The van der Waals surface area contributed by atoms with Gasteiger partial charge in [-0.15, -0.1) is 5.48 Å². The van der Waals surface area contributed by atoms with Crippen LogP contribution < -0.4 is 10.8 Å². The van der Waals surface area contributed by atoms with Gasteiger partial charge in [0.25, 0.3) is 0 Å². The molecule has 0 amide bonds. The summed E-state index contributed by atoms with van der Waals surface area (Å²) in [5.41, 5.74) is 3.76. The number of nitrogens with one attached hydrogen (secondary N) is 2. The van der Waals surface area contributed by atoms with Gasteiger partial charge in [0.15, 0.2) is 6.17 Å². The smallest absolute Gasteiger partial charge is 0.329 e. The van der Waals surface area contributed by atoms with Gasteiger partial charge in [0.1, 0.15) is 0 Å². The molecule has 2 aromatic rings. The predicted octanol–water partition coefficient (Wildman–Crippen LogP) is 5.39. The number of anilines is 1. The summed E-state index contributed by atoms with van der Waals surface area (Å²) >= 11 is 29.6. The molecule has 0 spiro atoms. The molecule has 0 aromatic heterocycles. The molecule has 0 radical (unpaired) electrons. The third-order valence-electron chi connectivity index (χ3n) is 3.04. The molecule has 1 atom stereocenters. The Kier molecular flexibility index (Phi) is 7.50. The number of hydroxylamine groups is 1. The van der Waals surface area contributed by atoms with E-state index in [1.807, 2.05) is 30.3 Å². The van der Waals surface area contributed by atoms with Crippen molar-refractivity contribution in [3.05, 3.63) is 64.1 Å². The van der Waals surface area contributed by atoms with Crippen LogP contribution in [0.5, 0.6) is 0 Å². The summed E-state index contributed by atoms with van der Waals surface area (Å²) in [6.45, 7) is 0. The highest BCUT2D eigenvalue weighted by atomic mass is 35.6. The van der Waals surface area contributed by atoms with Crippen molar-refractivity contribution in [2.45, 2.75) is 16.4 Å². The Bertz CT molecular complexity index is 722. The molecule has 25 heavy (non-hydrogen) atoms. The van der Waals surface area contributed by atoms with Crippen molar-refractivity contribution < 1.29 is 9.63 Å². The molecule has 0 saturated carbocycles. The number of hydrogen-bond acceptors (Lipinski definition) is 4. The van der Waals surface area contributed by atoms with Gasteiger partial charge in [-0.25, -0.2) is 0 Å². The van der Waals surface area contributed by atoms with Crippen LogP contribution in [0.4, 0.5) is 5.69 Å². The highest BCUT2D eigenvalue weighted by molar-refractivity contribution is 6.68. The van der Waals surface area contributed by atoms with Crippen LogP contribution in [0.2, 0.25) is 10.0 Å². The Balaban J connectivity index is 1.98. The van der Waals surface area contributed by atoms with Gasteiger partial charge in [-0.2, -0.15) is 0 Å². The minimum Gasteiger partial charge on any atom is -0.368 e. The van der Waals surface area contributed by atoms with Gasteiger partial charge in [-0.05, 0) is 23.8 Å². The lowest BCUT2D eigenvalue weighted by Crippen LogP contribution is -2.47. The van der Waals surface area contributed by atoms with Crippen molar-refractivity contribution in [3.63, 3.8) is 0 Å². The largest absolute Gasteiger partial charge is 0.368 e. The number of carbonyl (C=O) groups is 1. The van der Waals surface area contributed by atoms with Gasteiger partial charge in [0.2, 0.25) is 3.79 Å². The van der Waals surface area contributed by atoms with Crippen LogP contribution >= 0.6 is 58.0 Å². The van der Waals surface area contributed by atoms with E-state index in [2.05, 4.69) is 10.8 Å². The predicted molar refractivity (Wildman–Crippen MR) is 104 cm³/mol. The van der Waals surface area contributed by atoms with Crippen LogP contribution in [0.25, 0.3) is 0 Å². The van der Waals surface area contributed by atoms with Gasteiger partial charge in [0.05, 0.1) is 16.5 Å². The first-order valence-corrected chi connectivity index (χ1v) is 8.92. The van der Waals surface area contributed by atoms with E-state index in [1.165, 1.54) is 0 Å². The minimum absolute atomic E-state index is 0.0766. The highest BCUT2D eigenvalue weighted by Gasteiger charge is 2.34. The Hall–Kier alpha value is -0.880. The van der Waals surface area contributed by atoms with Crippen molar-refractivity contribution in [2.75, 3.05) is 5.32 Å². The first-order valence-electron chi connectivity index (χ1n) is 7.03. The fraction of sp³-hybridized carbons (Fsp3) is 0.188. The molecule has 2 N–H and O–H groups in total. The van der Waals surface area contributed by atoms with Crippen molar-refractivity contribution >= 4 is 69.7 Å².